The lowest BCUT2D eigenvalue weighted by molar-refractivity contribution is 0.669. The summed E-state index contributed by atoms with van der Waals surface area (Å²) in [6.45, 7) is 6.12. The summed E-state index contributed by atoms with van der Waals surface area (Å²) in [5.41, 5.74) is 10.5. The molecule has 34 heavy (non-hydrogen) atoms. The Bertz CT molecular complexity index is 1530. The van der Waals surface area contributed by atoms with Crippen molar-refractivity contribution < 1.29 is 4.42 Å². The first-order valence-electron chi connectivity index (χ1n) is 11.9. The molecule has 0 N–H and O–H groups in total. The van der Waals surface area contributed by atoms with Crippen LogP contribution in [0.4, 0.5) is 0 Å². The third kappa shape index (κ3) is 4.13. The minimum Gasteiger partial charge on any atom is -0.456 e. The summed E-state index contributed by atoms with van der Waals surface area (Å²) in [5, 5.41) is 2.32. The van der Waals surface area contributed by atoms with Gasteiger partial charge in [0.05, 0.1) is 0 Å². The molecule has 0 bridgehead atoms. The Morgan fingerprint density at radius 2 is 0.824 bits per heavy atom. The van der Waals surface area contributed by atoms with Gasteiger partial charge >= 0.3 is 0 Å². The smallest absolute Gasteiger partial charge is 0.135 e. The van der Waals surface area contributed by atoms with Crippen LogP contribution in [-0.2, 0) is 0 Å². The molecule has 0 atom stereocenters. The molecule has 1 heteroatoms. The molecule has 6 aromatic rings. The molecule has 5 aromatic carbocycles. The fraction of sp³-hybridized carbons (Fsp3) is 0.0909. The third-order valence-corrected chi connectivity index (χ3v) is 6.20. The van der Waals surface area contributed by atoms with E-state index in [0.717, 1.165) is 21.9 Å². The van der Waals surface area contributed by atoms with Crippen molar-refractivity contribution in [3.05, 3.63) is 121 Å². The maximum absolute atomic E-state index is 5.97. The topological polar surface area (TPSA) is 13.1 Å². The van der Waals surface area contributed by atoms with E-state index in [1.807, 2.05) is 26.0 Å². The van der Waals surface area contributed by atoms with E-state index in [1.165, 1.54) is 38.9 Å². The summed E-state index contributed by atoms with van der Waals surface area (Å²) in [6, 6.07) is 40.9. The van der Waals surface area contributed by atoms with E-state index in [0.29, 0.717) is 0 Å². The summed E-state index contributed by atoms with van der Waals surface area (Å²) >= 11 is 0. The largest absolute Gasteiger partial charge is 0.456 e. The van der Waals surface area contributed by atoms with Crippen molar-refractivity contribution in [3.63, 3.8) is 0 Å². The number of para-hydroxylation sites is 1. The predicted molar refractivity (Wildman–Crippen MR) is 146 cm³/mol. The van der Waals surface area contributed by atoms with Crippen molar-refractivity contribution in [2.75, 3.05) is 0 Å². The van der Waals surface area contributed by atoms with Gasteiger partial charge in [0.15, 0.2) is 0 Å². The quantitative estimate of drug-likeness (QED) is 0.267. The highest BCUT2D eigenvalue weighted by atomic mass is 16.3. The molecule has 0 aliphatic rings. The molecule has 0 fully saturated rings. The van der Waals surface area contributed by atoms with Crippen LogP contribution in [0.3, 0.4) is 0 Å². The molecule has 1 aromatic heterocycles. The minimum atomic E-state index is 0.931. The van der Waals surface area contributed by atoms with Crippen LogP contribution < -0.4 is 0 Å². The molecular weight excluding hydrogens is 412 g/mol. The van der Waals surface area contributed by atoms with E-state index in [-0.39, 0.29) is 0 Å². The normalized spacial score (nSPS) is 10.8. The Balaban J connectivity index is 0.00000117. The Morgan fingerprint density at radius 3 is 1.38 bits per heavy atom. The highest BCUT2D eigenvalue weighted by Crippen LogP contribution is 2.33. The molecule has 6 rings (SSSR count). The van der Waals surface area contributed by atoms with Gasteiger partial charge in [-0.05, 0) is 58.5 Å². The molecule has 0 aliphatic carbocycles. The van der Waals surface area contributed by atoms with Crippen LogP contribution in [0.25, 0.3) is 55.3 Å². The van der Waals surface area contributed by atoms with Crippen molar-refractivity contribution >= 4 is 21.9 Å². The minimum absolute atomic E-state index is 0.931. The molecule has 0 saturated carbocycles. The molecule has 0 saturated heterocycles. The Kier molecular flexibility index (Phi) is 6.01. The van der Waals surface area contributed by atoms with E-state index >= 15 is 0 Å². The van der Waals surface area contributed by atoms with Crippen LogP contribution in [0.1, 0.15) is 19.4 Å². The zero-order valence-electron chi connectivity index (χ0n) is 19.9. The maximum Gasteiger partial charge on any atom is 0.135 e. The van der Waals surface area contributed by atoms with Gasteiger partial charge in [0, 0.05) is 10.8 Å². The van der Waals surface area contributed by atoms with Crippen LogP contribution in [0.2, 0.25) is 0 Å². The number of aryl methyl sites for hydroxylation is 1. The average Bonchev–Trinajstić information content (AvgIpc) is 3.29. The van der Waals surface area contributed by atoms with Crippen molar-refractivity contribution in [2.45, 2.75) is 20.8 Å². The number of fused-ring (bicyclic) bond motifs is 3. The Hall–Kier alpha value is -4.10. The van der Waals surface area contributed by atoms with Crippen molar-refractivity contribution in [1.82, 2.24) is 0 Å². The SMILES string of the molecule is CC.Cc1ccc(-c2ccc(-c3ccc(-c4ccc5oc6ccccc6c5c4)cc3)cc2)cc1. The fourth-order valence-corrected chi connectivity index (χ4v) is 4.36. The summed E-state index contributed by atoms with van der Waals surface area (Å²) in [5.74, 6) is 0. The van der Waals surface area contributed by atoms with Gasteiger partial charge in [-0.1, -0.05) is 116 Å². The second-order valence-electron chi connectivity index (χ2n) is 8.33. The van der Waals surface area contributed by atoms with Crippen LogP contribution in [0.15, 0.2) is 120 Å². The highest BCUT2D eigenvalue weighted by Gasteiger charge is 2.08. The third-order valence-electron chi connectivity index (χ3n) is 6.20. The fourth-order valence-electron chi connectivity index (χ4n) is 4.36. The highest BCUT2D eigenvalue weighted by molar-refractivity contribution is 6.06. The molecule has 166 valence electrons. The lowest BCUT2D eigenvalue weighted by atomic mass is 9.97. The number of hydrogen-bond acceptors (Lipinski definition) is 1. The van der Waals surface area contributed by atoms with Crippen molar-refractivity contribution in [3.8, 4) is 33.4 Å². The monoisotopic (exact) mass is 440 g/mol. The van der Waals surface area contributed by atoms with Gasteiger partial charge in [0.25, 0.3) is 0 Å². The Labute approximate surface area is 201 Å². The van der Waals surface area contributed by atoms with Crippen LogP contribution in [0.5, 0.6) is 0 Å². The summed E-state index contributed by atoms with van der Waals surface area (Å²) in [6.07, 6.45) is 0. The van der Waals surface area contributed by atoms with Gasteiger partial charge in [0.1, 0.15) is 11.2 Å². The zero-order valence-corrected chi connectivity index (χ0v) is 19.9. The lowest BCUT2D eigenvalue weighted by Gasteiger charge is -2.07. The van der Waals surface area contributed by atoms with Crippen LogP contribution in [0, 0.1) is 6.92 Å². The van der Waals surface area contributed by atoms with Gasteiger partial charge in [-0.2, -0.15) is 0 Å². The first kappa shape index (κ1) is 21.7. The molecular formula is C33H28O. The van der Waals surface area contributed by atoms with Gasteiger partial charge in [-0.3, -0.25) is 0 Å². The number of hydrogen-bond donors (Lipinski definition) is 0. The summed E-state index contributed by atoms with van der Waals surface area (Å²) in [7, 11) is 0. The van der Waals surface area contributed by atoms with Crippen LogP contribution in [-0.4, -0.2) is 0 Å². The Morgan fingerprint density at radius 1 is 0.412 bits per heavy atom. The zero-order chi connectivity index (χ0) is 23.5. The molecule has 0 radical (unpaired) electrons. The van der Waals surface area contributed by atoms with E-state index < -0.39 is 0 Å². The summed E-state index contributed by atoms with van der Waals surface area (Å²) in [4.78, 5) is 0. The molecule has 0 amide bonds. The number of rotatable bonds is 3. The first-order chi connectivity index (χ1) is 16.7. The first-order valence-corrected chi connectivity index (χ1v) is 11.9. The van der Waals surface area contributed by atoms with Crippen molar-refractivity contribution in [1.29, 1.82) is 0 Å². The van der Waals surface area contributed by atoms with E-state index in [1.54, 1.807) is 0 Å². The van der Waals surface area contributed by atoms with Gasteiger partial charge in [-0.25, -0.2) is 0 Å². The maximum atomic E-state index is 5.97. The molecule has 0 aliphatic heterocycles. The van der Waals surface area contributed by atoms with Gasteiger partial charge < -0.3 is 4.42 Å². The van der Waals surface area contributed by atoms with E-state index in [2.05, 4.69) is 110 Å². The van der Waals surface area contributed by atoms with Crippen molar-refractivity contribution in [2.24, 2.45) is 0 Å². The standard InChI is InChI=1S/C31H22O.C2H6/c1-21-6-8-22(9-7-21)23-10-12-24(13-11-23)25-14-16-26(17-15-25)27-18-19-31-29(20-27)28-4-2-3-5-30(28)32-31;1-2/h2-20H,1H3;1-2H3. The molecule has 1 heterocycles. The second-order valence-corrected chi connectivity index (χ2v) is 8.33. The average molecular weight is 441 g/mol. The molecule has 0 unspecified atom stereocenters. The van der Waals surface area contributed by atoms with Gasteiger partial charge in [-0.15, -0.1) is 0 Å². The predicted octanol–water partition coefficient (Wildman–Crippen LogP) is 9.92. The summed E-state index contributed by atoms with van der Waals surface area (Å²) < 4.78 is 5.97. The van der Waals surface area contributed by atoms with Crippen LogP contribution >= 0.6 is 0 Å². The van der Waals surface area contributed by atoms with E-state index in [9.17, 15) is 0 Å². The molecule has 1 nitrogen and oxygen atoms in total. The second kappa shape index (κ2) is 9.41. The van der Waals surface area contributed by atoms with E-state index in [4.69, 9.17) is 4.42 Å². The number of benzene rings is 5. The van der Waals surface area contributed by atoms with Gasteiger partial charge in [0.2, 0.25) is 0 Å². The molecule has 0 spiro atoms. The number of furan rings is 1. The lowest BCUT2D eigenvalue weighted by Crippen LogP contribution is -1.82.